The minimum Gasteiger partial charge on any atom is -0.506 e. The van der Waals surface area contributed by atoms with Gasteiger partial charge < -0.3 is 28.9 Å². The first kappa shape index (κ1) is 42.9. The molecule has 0 fully saturated rings. The third-order valence-corrected chi connectivity index (χ3v) is 8.17. The summed E-state index contributed by atoms with van der Waals surface area (Å²) < 4.78 is 20.4. The lowest BCUT2D eigenvalue weighted by Gasteiger charge is -2.06. The largest absolute Gasteiger partial charge is 0.506 e. The summed E-state index contributed by atoms with van der Waals surface area (Å²) in [5.41, 5.74) is 4.28. The van der Waals surface area contributed by atoms with Gasteiger partial charge in [0.05, 0.1) is 35.3 Å². The lowest BCUT2D eigenvalue weighted by Crippen LogP contribution is -2.20. The van der Waals surface area contributed by atoms with Crippen molar-refractivity contribution < 1.29 is 33.7 Å². The van der Waals surface area contributed by atoms with E-state index in [1.54, 1.807) is 57.1 Å². The summed E-state index contributed by atoms with van der Waals surface area (Å²) in [5.74, 6) is 0.537. The van der Waals surface area contributed by atoms with Crippen molar-refractivity contribution in [1.29, 1.82) is 0 Å². The quantitative estimate of drug-likeness (QED) is 0.207. The van der Waals surface area contributed by atoms with Gasteiger partial charge in [0, 0.05) is 76.3 Å². The van der Waals surface area contributed by atoms with Crippen molar-refractivity contribution in [2.45, 2.75) is 13.2 Å². The highest BCUT2D eigenvalue weighted by Gasteiger charge is 2.11. The number of benzene rings is 1. The monoisotopic (exact) mass is 841 g/mol. The van der Waals surface area contributed by atoms with Crippen LogP contribution in [0.3, 0.4) is 0 Å². The third-order valence-electron chi connectivity index (χ3n) is 8.17. The van der Waals surface area contributed by atoms with E-state index in [2.05, 4.69) is 40.2 Å². The van der Waals surface area contributed by atoms with Crippen LogP contribution in [0.5, 0.6) is 11.5 Å². The Morgan fingerprint density at radius 1 is 0.677 bits per heavy atom. The van der Waals surface area contributed by atoms with E-state index in [-0.39, 0.29) is 41.3 Å². The number of carbonyl (C=O) groups is 1. The van der Waals surface area contributed by atoms with Gasteiger partial charge in [-0.1, -0.05) is 0 Å². The van der Waals surface area contributed by atoms with E-state index < -0.39 is 5.97 Å². The van der Waals surface area contributed by atoms with Crippen molar-refractivity contribution in [2.24, 2.45) is 21.1 Å². The van der Waals surface area contributed by atoms with Gasteiger partial charge in [-0.15, -0.1) is 0 Å². The molecule has 21 heteroatoms. The van der Waals surface area contributed by atoms with Crippen LogP contribution in [0.2, 0.25) is 0 Å². The van der Waals surface area contributed by atoms with Gasteiger partial charge >= 0.3 is 5.97 Å². The minimum absolute atomic E-state index is 0.0681. The number of aromatic nitrogens is 11. The molecule has 62 heavy (non-hydrogen) atoms. The molecule has 0 aliphatic carbocycles. The van der Waals surface area contributed by atoms with Crippen LogP contribution in [0.1, 0.15) is 21.9 Å². The van der Waals surface area contributed by atoms with Crippen LogP contribution in [0.25, 0.3) is 45.2 Å². The number of aliphatic hydroxyl groups excluding tert-OH is 1. The van der Waals surface area contributed by atoms with Gasteiger partial charge in [-0.05, 0) is 54.6 Å². The molecule has 9 aromatic rings. The van der Waals surface area contributed by atoms with Crippen LogP contribution in [0.15, 0.2) is 139 Å². The van der Waals surface area contributed by atoms with E-state index in [9.17, 15) is 24.3 Å². The highest BCUT2D eigenvalue weighted by atomic mass is 16.5. The number of nitrogens with zero attached hydrogens (tertiary/aromatic N) is 11. The summed E-state index contributed by atoms with van der Waals surface area (Å²) >= 11 is 0. The van der Waals surface area contributed by atoms with Crippen molar-refractivity contribution >= 4 is 28.3 Å². The molecule has 0 aliphatic rings. The molecule has 0 bridgehead atoms. The van der Waals surface area contributed by atoms with Crippen molar-refractivity contribution in [3.8, 4) is 34.4 Å². The second-order valence-electron chi connectivity index (χ2n) is 12.7. The maximum absolute atomic E-state index is 11.3. The van der Waals surface area contributed by atoms with Crippen LogP contribution >= 0.6 is 0 Å². The highest BCUT2D eigenvalue weighted by molar-refractivity contribution is 5.84. The predicted molar refractivity (Wildman–Crippen MR) is 220 cm³/mol. The number of aromatic hydroxyl groups is 1. The van der Waals surface area contributed by atoms with Crippen LogP contribution < -0.4 is 21.4 Å². The van der Waals surface area contributed by atoms with Crippen LogP contribution in [0, 0.1) is 0 Å². The summed E-state index contributed by atoms with van der Waals surface area (Å²) in [6.07, 6.45) is 8.06. The van der Waals surface area contributed by atoms with Gasteiger partial charge in [0.2, 0.25) is 17.5 Å². The molecule has 21 nitrogen and oxygen atoms in total. The number of oxazole rings is 2. The fraction of sp³-hybridized carbons (Fsp3) is 0.122. The Morgan fingerprint density at radius 2 is 1.26 bits per heavy atom. The van der Waals surface area contributed by atoms with E-state index in [0.29, 0.717) is 51.2 Å². The Kier molecular flexibility index (Phi) is 13.7. The Morgan fingerprint density at radius 3 is 1.84 bits per heavy atom. The zero-order chi connectivity index (χ0) is 44.2. The Bertz CT molecular complexity index is 3130. The fourth-order valence-electron chi connectivity index (χ4n) is 5.07. The van der Waals surface area contributed by atoms with E-state index in [4.69, 9.17) is 23.8 Å². The number of rotatable bonds is 7. The van der Waals surface area contributed by atoms with Crippen molar-refractivity contribution in [3.63, 3.8) is 0 Å². The molecule has 0 amide bonds. The highest BCUT2D eigenvalue weighted by Crippen LogP contribution is 2.27. The summed E-state index contributed by atoms with van der Waals surface area (Å²) in [4.78, 5) is 63.7. The topological polar surface area (TPSA) is 282 Å². The molecule has 314 valence electrons. The van der Waals surface area contributed by atoms with Gasteiger partial charge in [0.25, 0.3) is 16.7 Å². The third kappa shape index (κ3) is 11.3. The summed E-state index contributed by atoms with van der Waals surface area (Å²) in [6, 6.07) is 22.6. The molecule has 1 aromatic carbocycles. The zero-order valence-electron chi connectivity index (χ0n) is 33.0. The first-order valence-electron chi connectivity index (χ1n) is 18.1. The smallest absolute Gasteiger partial charge is 0.356 e. The Labute approximate surface area is 348 Å². The maximum Gasteiger partial charge on any atom is 0.356 e. The maximum atomic E-state index is 11.3. The number of fused-ring (bicyclic) bond motifs is 2. The molecule has 0 radical (unpaired) electrons. The first-order chi connectivity index (χ1) is 29.9. The normalized spacial score (nSPS) is 10.5. The van der Waals surface area contributed by atoms with Crippen molar-refractivity contribution in [1.82, 2.24) is 54.3 Å². The number of aryl methyl sites for hydroxylation is 3. The molecule has 0 unspecified atom stereocenters. The SMILES string of the molecule is Cn1nc(C(=O)O)ccc1=O.Cn1nc(CO)ccc1=O.Cn1nc(COc2ccc3oc(-c4cccnc4)nc3c2)ccc1=O.Oc1cnc2oc(-c3cccnc3)nc2c1. The molecule has 0 saturated carbocycles. The van der Waals surface area contributed by atoms with Gasteiger partial charge in [-0.25, -0.2) is 33.8 Å². The minimum atomic E-state index is -1.14. The predicted octanol–water partition coefficient (Wildman–Crippen LogP) is 3.30. The number of pyridine rings is 3. The molecule has 0 atom stereocenters. The van der Waals surface area contributed by atoms with E-state index in [1.165, 1.54) is 52.9 Å². The lowest BCUT2D eigenvalue weighted by molar-refractivity contribution is 0.0687. The standard InChI is InChI=1S/C18H14N4O3.C11H7N3O2.C6H6N2O3.C6H8N2O2/c1-22-17(23)7-4-13(21-22)11-24-14-5-6-16-15(9-14)20-18(25-16)12-3-2-8-19-10-12;15-8-4-9-11(13-6-8)16-10(14-9)7-2-1-3-12-5-7;1-8-5(9)3-2-4(7-8)6(10)11;1-8-6(10)3-2-5(4-9)7-8/h2-10H,11H2,1H3;1-6,15H;2-3H,1H3,(H,10,11);2-3,9H,4H2,1H3. The summed E-state index contributed by atoms with van der Waals surface area (Å²) in [7, 11) is 4.55. The average molecular weight is 842 g/mol. The van der Waals surface area contributed by atoms with Gasteiger partial charge in [0.15, 0.2) is 11.3 Å². The number of ether oxygens (including phenoxy) is 1. The number of carboxylic acids is 1. The van der Waals surface area contributed by atoms with Crippen molar-refractivity contribution in [3.05, 3.63) is 164 Å². The van der Waals surface area contributed by atoms with E-state index >= 15 is 0 Å². The number of aromatic carboxylic acids is 1. The molecule has 0 aliphatic heterocycles. The second-order valence-corrected chi connectivity index (χ2v) is 12.7. The van der Waals surface area contributed by atoms with Gasteiger partial charge in [-0.2, -0.15) is 15.3 Å². The zero-order valence-corrected chi connectivity index (χ0v) is 33.0. The van der Waals surface area contributed by atoms with Crippen molar-refractivity contribution in [2.75, 3.05) is 0 Å². The first-order valence-corrected chi connectivity index (χ1v) is 18.1. The number of hydrogen-bond donors (Lipinski definition) is 3. The number of carboxylic acid groups (broad SMARTS) is 1. The number of aliphatic hydroxyl groups is 1. The van der Waals surface area contributed by atoms with Gasteiger partial charge in [0.1, 0.15) is 29.1 Å². The number of hydrogen-bond acceptors (Lipinski definition) is 17. The fourth-order valence-corrected chi connectivity index (χ4v) is 5.07. The second kappa shape index (κ2) is 19.8. The average Bonchev–Trinajstić information content (AvgIpc) is 3.92. The van der Waals surface area contributed by atoms with E-state index in [1.807, 2.05) is 30.3 Å². The van der Waals surface area contributed by atoms with Crippen LogP contribution in [0.4, 0.5) is 0 Å². The molecular weight excluding hydrogens is 807 g/mol. The van der Waals surface area contributed by atoms with Gasteiger partial charge in [-0.3, -0.25) is 24.4 Å². The molecule has 0 spiro atoms. The molecule has 9 rings (SSSR count). The van der Waals surface area contributed by atoms with Crippen LogP contribution in [-0.4, -0.2) is 75.6 Å². The Hall–Kier alpha value is -8.72. The Balaban J connectivity index is 0.000000149. The summed E-state index contributed by atoms with van der Waals surface area (Å²) in [5, 5.41) is 37.6. The lowest BCUT2D eigenvalue weighted by atomic mass is 10.3. The summed E-state index contributed by atoms with van der Waals surface area (Å²) in [6.45, 7) is 0.126. The molecule has 8 heterocycles. The molecule has 3 N–H and O–H groups in total. The van der Waals surface area contributed by atoms with E-state index in [0.717, 1.165) is 21.9 Å². The molecule has 8 aromatic heterocycles. The molecular formula is C41H35N11O10. The van der Waals surface area contributed by atoms with Crippen LogP contribution in [-0.2, 0) is 34.4 Å². The molecule has 0 saturated heterocycles.